The molecule has 0 aromatic carbocycles. The summed E-state index contributed by atoms with van der Waals surface area (Å²) in [6.45, 7) is 1.76. The van der Waals surface area contributed by atoms with Crippen LogP contribution in [-0.2, 0) is 4.74 Å². The minimum absolute atomic E-state index is 0.615. The van der Waals surface area contributed by atoms with Crippen LogP contribution in [0.5, 0.6) is 0 Å². The lowest BCUT2D eigenvalue weighted by Gasteiger charge is -2.19. The third-order valence-corrected chi connectivity index (χ3v) is 3.49. The largest absolute Gasteiger partial charge is 0.381 e. The molecule has 1 aromatic heterocycles. The van der Waals surface area contributed by atoms with Crippen LogP contribution < -0.4 is 0 Å². The number of hydrogen-bond acceptors (Lipinski definition) is 4. The van der Waals surface area contributed by atoms with Gasteiger partial charge in [0, 0.05) is 24.5 Å². The van der Waals surface area contributed by atoms with Gasteiger partial charge in [-0.3, -0.25) is 0 Å². The smallest absolute Gasteiger partial charge is 0.104 e. The summed E-state index contributed by atoms with van der Waals surface area (Å²) in [5, 5.41) is 4.07. The maximum atomic E-state index is 5.29. The highest BCUT2D eigenvalue weighted by atomic mass is 32.1. The van der Waals surface area contributed by atoms with Crippen LogP contribution in [0.2, 0.25) is 0 Å². The van der Waals surface area contributed by atoms with Gasteiger partial charge in [-0.25, -0.2) is 4.98 Å². The van der Waals surface area contributed by atoms with E-state index in [1.807, 2.05) is 5.38 Å². The SMILES string of the molecule is Sc1csc(C2CCOCC2)n1. The van der Waals surface area contributed by atoms with E-state index in [1.54, 1.807) is 11.3 Å². The number of nitrogens with zero attached hydrogens (tertiary/aromatic N) is 1. The fraction of sp³-hybridized carbons (Fsp3) is 0.625. The number of thiol groups is 1. The molecule has 12 heavy (non-hydrogen) atoms. The molecular weight excluding hydrogens is 190 g/mol. The molecule has 1 aromatic rings. The van der Waals surface area contributed by atoms with E-state index in [2.05, 4.69) is 17.6 Å². The normalized spacial score (nSPS) is 19.8. The fourth-order valence-corrected chi connectivity index (χ4v) is 2.60. The first-order valence-electron chi connectivity index (χ1n) is 4.08. The van der Waals surface area contributed by atoms with Crippen molar-refractivity contribution in [2.24, 2.45) is 0 Å². The Labute approximate surface area is 81.4 Å². The molecule has 0 aliphatic carbocycles. The number of aromatic nitrogens is 1. The maximum Gasteiger partial charge on any atom is 0.104 e. The van der Waals surface area contributed by atoms with Gasteiger partial charge in [0.2, 0.25) is 0 Å². The minimum atomic E-state index is 0.615. The number of rotatable bonds is 1. The summed E-state index contributed by atoms with van der Waals surface area (Å²) >= 11 is 5.91. The van der Waals surface area contributed by atoms with Gasteiger partial charge in [-0.1, -0.05) is 0 Å². The second-order valence-electron chi connectivity index (χ2n) is 2.93. The van der Waals surface area contributed by atoms with Crippen LogP contribution in [0.25, 0.3) is 0 Å². The van der Waals surface area contributed by atoms with Gasteiger partial charge in [-0.15, -0.1) is 24.0 Å². The molecule has 0 unspecified atom stereocenters. The van der Waals surface area contributed by atoms with Crippen molar-refractivity contribution in [2.75, 3.05) is 13.2 Å². The lowest BCUT2D eigenvalue weighted by Crippen LogP contribution is -2.13. The van der Waals surface area contributed by atoms with E-state index in [9.17, 15) is 0 Å². The van der Waals surface area contributed by atoms with Gasteiger partial charge < -0.3 is 4.74 Å². The lowest BCUT2D eigenvalue weighted by molar-refractivity contribution is 0.0852. The van der Waals surface area contributed by atoms with Gasteiger partial charge in [-0.05, 0) is 12.8 Å². The van der Waals surface area contributed by atoms with Gasteiger partial charge in [0.05, 0.1) is 5.01 Å². The molecule has 0 amide bonds. The van der Waals surface area contributed by atoms with Crippen molar-refractivity contribution in [1.82, 2.24) is 4.98 Å². The minimum Gasteiger partial charge on any atom is -0.381 e. The monoisotopic (exact) mass is 201 g/mol. The van der Waals surface area contributed by atoms with E-state index < -0.39 is 0 Å². The molecule has 0 saturated carbocycles. The molecular formula is C8H11NOS2. The van der Waals surface area contributed by atoms with E-state index in [-0.39, 0.29) is 0 Å². The quantitative estimate of drug-likeness (QED) is 0.704. The van der Waals surface area contributed by atoms with E-state index in [0.29, 0.717) is 5.92 Å². The van der Waals surface area contributed by atoms with E-state index in [1.165, 1.54) is 5.01 Å². The Balaban J connectivity index is 2.08. The third-order valence-electron chi connectivity index (χ3n) is 2.08. The molecule has 2 heterocycles. The van der Waals surface area contributed by atoms with Crippen LogP contribution in [-0.4, -0.2) is 18.2 Å². The zero-order valence-corrected chi connectivity index (χ0v) is 8.40. The molecule has 2 rings (SSSR count). The third kappa shape index (κ3) is 1.81. The summed E-state index contributed by atoms with van der Waals surface area (Å²) in [6, 6.07) is 0. The zero-order valence-electron chi connectivity index (χ0n) is 6.69. The van der Waals surface area contributed by atoms with Crippen molar-refractivity contribution in [3.8, 4) is 0 Å². The van der Waals surface area contributed by atoms with Crippen LogP contribution in [0.15, 0.2) is 10.4 Å². The summed E-state index contributed by atoms with van der Waals surface area (Å²) in [4.78, 5) is 4.36. The van der Waals surface area contributed by atoms with E-state index >= 15 is 0 Å². The van der Waals surface area contributed by atoms with Crippen LogP contribution in [0.1, 0.15) is 23.8 Å². The van der Waals surface area contributed by atoms with Gasteiger partial charge in [0.15, 0.2) is 0 Å². The van der Waals surface area contributed by atoms with Crippen molar-refractivity contribution < 1.29 is 4.74 Å². The van der Waals surface area contributed by atoms with Crippen LogP contribution in [0.3, 0.4) is 0 Å². The second-order valence-corrected chi connectivity index (χ2v) is 4.28. The number of ether oxygens (including phenoxy) is 1. The van der Waals surface area contributed by atoms with Crippen molar-refractivity contribution in [1.29, 1.82) is 0 Å². The maximum absolute atomic E-state index is 5.29. The summed E-state index contributed by atoms with van der Waals surface area (Å²) < 4.78 is 5.29. The van der Waals surface area contributed by atoms with E-state index in [4.69, 9.17) is 4.74 Å². The highest BCUT2D eigenvalue weighted by Crippen LogP contribution is 2.29. The molecule has 0 atom stereocenters. The standard InChI is InChI=1S/C8H11NOS2/c11-7-5-12-8(9-7)6-1-3-10-4-2-6/h5-6,11H,1-4H2. The Morgan fingerprint density at radius 3 is 2.83 bits per heavy atom. The van der Waals surface area contributed by atoms with Gasteiger partial charge in [0.25, 0.3) is 0 Å². The Bertz CT molecular complexity index is 255. The van der Waals surface area contributed by atoms with Crippen molar-refractivity contribution in [3.05, 3.63) is 10.4 Å². The van der Waals surface area contributed by atoms with Crippen molar-refractivity contribution >= 4 is 24.0 Å². The molecule has 0 N–H and O–H groups in total. The second kappa shape index (κ2) is 3.77. The van der Waals surface area contributed by atoms with Crippen molar-refractivity contribution in [3.63, 3.8) is 0 Å². The fourth-order valence-electron chi connectivity index (χ4n) is 1.41. The molecule has 1 aliphatic heterocycles. The average Bonchev–Trinajstić information content (AvgIpc) is 2.54. The first kappa shape index (κ1) is 8.53. The van der Waals surface area contributed by atoms with Gasteiger partial charge in [0.1, 0.15) is 5.03 Å². The molecule has 0 bridgehead atoms. The lowest BCUT2D eigenvalue weighted by atomic mass is 10.0. The first-order chi connectivity index (χ1) is 5.86. The van der Waals surface area contributed by atoms with Crippen LogP contribution >= 0.6 is 24.0 Å². The summed E-state index contributed by atoms with van der Waals surface area (Å²) in [7, 11) is 0. The molecule has 1 fully saturated rings. The summed E-state index contributed by atoms with van der Waals surface area (Å²) in [5.74, 6) is 0.615. The molecule has 0 radical (unpaired) electrons. The molecule has 66 valence electrons. The molecule has 2 nitrogen and oxygen atoms in total. The van der Waals surface area contributed by atoms with Gasteiger partial charge >= 0.3 is 0 Å². The highest BCUT2D eigenvalue weighted by Gasteiger charge is 2.18. The first-order valence-corrected chi connectivity index (χ1v) is 5.41. The highest BCUT2D eigenvalue weighted by molar-refractivity contribution is 7.80. The Morgan fingerprint density at radius 2 is 2.25 bits per heavy atom. The summed E-state index contributed by atoms with van der Waals surface area (Å²) in [6.07, 6.45) is 2.22. The summed E-state index contributed by atoms with van der Waals surface area (Å²) in [5.41, 5.74) is 0. The Hall–Kier alpha value is -0.0600. The average molecular weight is 201 g/mol. The zero-order chi connectivity index (χ0) is 8.39. The Morgan fingerprint density at radius 1 is 1.50 bits per heavy atom. The number of thiazole rings is 1. The van der Waals surface area contributed by atoms with Crippen molar-refractivity contribution in [2.45, 2.75) is 23.8 Å². The molecule has 1 aliphatic rings. The molecule has 1 saturated heterocycles. The van der Waals surface area contributed by atoms with Crippen LogP contribution in [0.4, 0.5) is 0 Å². The Kier molecular flexibility index (Phi) is 2.68. The van der Waals surface area contributed by atoms with Gasteiger partial charge in [-0.2, -0.15) is 0 Å². The predicted octanol–water partition coefficient (Wildman–Crippen LogP) is 2.33. The topological polar surface area (TPSA) is 22.1 Å². The molecule has 0 spiro atoms. The molecule has 4 heteroatoms. The van der Waals surface area contributed by atoms with E-state index in [0.717, 1.165) is 31.1 Å². The predicted molar refractivity (Wildman–Crippen MR) is 52.2 cm³/mol. The number of hydrogen-bond donors (Lipinski definition) is 1. The van der Waals surface area contributed by atoms with Crippen LogP contribution in [0, 0.1) is 0 Å².